The summed E-state index contributed by atoms with van der Waals surface area (Å²) in [6.07, 6.45) is 1.93. The molecule has 4 nitrogen and oxygen atoms in total. The molecule has 0 saturated heterocycles. The fourth-order valence-electron chi connectivity index (χ4n) is 1.62. The molecule has 1 N–H and O–H groups in total. The van der Waals surface area contributed by atoms with Crippen molar-refractivity contribution in [3.8, 4) is 0 Å². The van der Waals surface area contributed by atoms with Gasteiger partial charge in [0.25, 0.3) is 0 Å². The minimum Gasteiger partial charge on any atom is -0.312 e. The smallest absolute Gasteiger partial charge is 0.180 e. The maximum atomic E-state index is 4.51. The van der Waals surface area contributed by atoms with E-state index in [0.29, 0.717) is 5.92 Å². The molecule has 102 valence electrons. The molecule has 0 aliphatic rings. The van der Waals surface area contributed by atoms with Crippen LogP contribution in [0.25, 0.3) is 0 Å². The highest BCUT2D eigenvalue weighted by Crippen LogP contribution is 2.29. The van der Waals surface area contributed by atoms with E-state index in [1.165, 1.54) is 22.5 Å². The summed E-state index contributed by atoms with van der Waals surface area (Å²) in [5, 5.41) is 12.3. The monoisotopic (exact) mass is 294 g/mol. The summed E-state index contributed by atoms with van der Waals surface area (Å²) in [4.78, 5) is 4.51. The number of aryl methyl sites for hydroxylation is 1. The molecule has 0 aliphatic heterocycles. The van der Waals surface area contributed by atoms with E-state index < -0.39 is 0 Å². The summed E-state index contributed by atoms with van der Waals surface area (Å²) in [7, 11) is 0. The van der Waals surface area contributed by atoms with Crippen LogP contribution >= 0.6 is 23.1 Å². The molecule has 0 aliphatic carbocycles. The molecule has 2 aromatic heterocycles. The van der Waals surface area contributed by atoms with E-state index in [4.69, 9.17) is 0 Å². The summed E-state index contributed by atoms with van der Waals surface area (Å²) >= 11 is 3.11. The minimum absolute atomic E-state index is 0.668. The van der Waals surface area contributed by atoms with Crippen molar-refractivity contribution < 1.29 is 0 Å². The van der Waals surface area contributed by atoms with Gasteiger partial charge in [-0.2, -0.15) is 0 Å². The molecule has 0 radical (unpaired) electrons. The lowest BCUT2D eigenvalue weighted by molar-refractivity contribution is 0.551. The number of rotatable bonds is 6. The predicted octanol–water partition coefficient (Wildman–Crippen LogP) is 3.14. The molecule has 0 saturated carbocycles. The van der Waals surface area contributed by atoms with Crippen LogP contribution in [0.5, 0.6) is 0 Å². The van der Waals surface area contributed by atoms with Crippen molar-refractivity contribution in [1.29, 1.82) is 0 Å². The molecular weight excluding hydrogens is 276 g/mol. The van der Waals surface area contributed by atoms with Crippen molar-refractivity contribution in [2.75, 3.05) is 6.54 Å². The number of nitrogens with one attached hydrogen (secondary N) is 1. The molecule has 19 heavy (non-hydrogen) atoms. The average molecular weight is 294 g/mol. The molecule has 0 aromatic carbocycles. The van der Waals surface area contributed by atoms with Gasteiger partial charge in [0.2, 0.25) is 0 Å². The Morgan fingerprint density at radius 2 is 2.26 bits per heavy atom. The molecule has 2 aromatic rings. The number of nitrogens with zero attached hydrogens (tertiary/aromatic N) is 3. The van der Waals surface area contributed by atoms with Gasteiger partial charge in [-0.15, -0.1) is 10.2 Å². The summed E-state index contributed by atoms with van der Waals surface area (Å²) in [5.41, 5.74) is 4.14. The molecular formula is C13H18N4S2. The van der Waals surface area contributed by atoms with E-state index in [0.717, 1.165) is 22.5 Å². The standard InChI is InChI=1S/C13H18N4S2/c1-9(2)5-14-6-11-4-10(3)12(15-7-11)19-13-17-16-8-18-13/h4,7-9,14H,5-6H2,1-3H3. The Bertz CT molecular complexity index is 511. The highest BCUT2D eigenvalue weighted by Gasteiger charge is 2.06. The lowest BCUT2D eigenvalue weighted by Gasteiger charge is -2.09. The van der Waals surface area contributed by atoms with Crippen LogP contribution in [0.3, 0.4) is 0 Å². The highest BCUT2D eigenvalue weighted by atomic mass is 32.2. The molecule has 0 fully saturated rings. The molecule has 2 rings (SSSR count). The van der Waals surface area contributed by atoms with E-state index in [1.54, 1.807) is 17.3 Å². The van der Waals surface area contributed by atoms with E-state index in [9.17, 15) is 0 Å². The van der Waals surface area contributed by atoms with Gasteiger partial charge in [-0.3, -0.25) is 0 Å². The van der Waals surface area contributed by atoms with Gasteiger partial charge in [0.15, 0.2) is 4.34 Å². The maximum absolute atomic E-state index is 4.51. The zero-order chi connectivity index (χ0) is 13.7. The summed E-state index contributed by atoms with van der Waals surface area (Å²) in [6, 6.07) is 2.18. The Labute approximate surface area is 122 Å². The van der Waals surface area contributed by atoms with Crippen molar-refractivity contribution in [2.45, 2.75) is 36.7 Å². The number of hydrogen-bond acceptors (Lipinski definition) is 6. The van der Waals surface area contributed by atoms with Crippen LogP contribution in [0.4, 0.5) is 0 Å². The second kappa shape index (κ2) is 6.98. The zero-order valence-electron chi connectivity index (χ0n) is 11.4. The summed E-state index contributed by atoms with van der Waals surface area (Å²) in [5.74, 6) is 0.668. The number of hydrogen-bond donors (Lipinski definition) is 1. The molecule has 0 unspecified atom stereocenters. The van der Waals surface area contributed by atoms with Crippen molar-refractivity contribution in [3.05, 3.63) is 28.9 Å². The first-order valence-corrected chi connectivity index (χ1v) is 7.95. The van der Waals surface area contributed by atoms with Crippen molar-refractivity contribution in [2.24, 2.45) is 5.92 Å². The Kier molecular flexibility index (Phi) is 5.30. The van der Waals surface area contributed by atoms with Gasteiger partial charge in [-0.1, -0.05) is 31.3 Å². The van der Waals surface area contributed by atoms with Gasteiger partial charge in [0.05, 0.1) is 0 Å². The van der Waals surface area contributed by atoms with Crippen LogP contribution in [0.15, 0.2) is 27.1 Å². The molecule has 2 heterocycles. The lowest BCUT2D eigenvalue weighted by atomic mass is 10.2. The first kappa shape index (κ1) is 14.4. The first-order valence-electron chi connectivity index (χ1n) is 6.25. The van der Waals surface area contributed by atoms with Crippen LogP contribution in [0, 0.1) is 12.8 Å². The van der Waals surface area contributed by atoms with Gasteiger partial charge in [0.1, 0.15) is 10.5 Å². The van der Waals surface area contributed by atoms with Crippen molar-refractivity contribution >= 4 is 23.1 Å². The number of aromatic nitrogens is 3. The van der Waals surface area contributed by atoms with Gasteiger partial charge in [0, 0.05) is 12.7 Å². The van der Waals surface area contributed by atoms with E-state index in [1.807, 2.05) is 6.20 Å². The van der Waals surface area contributed by atoms with E-state index in [-0.39, 0.29) is 0 Å². The Hall–Kier alpha value is -0.980. The second-order valence-corrected chi connectivity index (χ2v) is 6.87. The fourth-order valence-corrected chi connectivity index (χ4v) is 3.04. The van der Waals surface area contributed by atoms with Crippen LogP contribution in [-0.4, -0.2) is 21.7 Å². The quantitative estimate of drug-likeness (QED) is 0.887. The molecule has 0 atom stereocenters. The van der Waals surface area contributed by atoms with E-state index in [2.05, 4.69) is 47.3 Å². The average Bonchev–Trinajstić information content (AvgIpc) is 2.85. The highest BCUT2D eigenvalue weighted by molar-refractivity contribution is 8.01. The van der Waals surface area contributed by atoms with Crippen LogP contribution in [0.2, 0.25) is 0 Å². The molecule has 6 heteroatoms. The van der Waals surface area contributed by atoms with Crippen LogP contribution < -0.4 is 5.32 Å². The van der Waals surface area contributed by atoms with Crippen molar-refractivity contribution in [3.63, 3.8) is 0 Å². The van der Waals surface area contributed by atoms with Crippen LogP contribution in [-0.2, 0) is 6.54 Å². The Balaban J connectivity index is 1.97. The van der Waals surface area contributed by atoms with E-state index >= 15 is 0 Å². The predicted molar refractivity (Wildman–Crippen MR) is 79.6 cm³/mol. The first-order chi connectivity index (χ1) is 9.15. The third-order valence-electron chi connectivity index (χ3n) is 2.49. The lowest BCUT2D eigenvalue weighted by Crippen LogP contribution is -2.19. The van der Waals surface area contributed by atoms with Gasteiger partial charge >= 0.3 is 0 Å². The fraction of sp³-hybridized carbons (Fsp3) is 0.462. The number of pyridine rings is 1. The molecule has 0 spiro atoms. The normalized spacial score (nSPS) is 11.2. The second-order valence-electron chi connectivity index (χ2n) is 4.80. The zero-order valence-corrected chi connectivity index (χ0v) is 13.0. The summed E-state index contributed by atoms with van der Waals surface area (Å²) < 4.78 is 0.932. The third kappa shape index (κ3) is 4.56. The Morgan fingerprint density at radius 3 is 2.89 bits per heavy atom. The largest absolute Gasteiger partial charge is 0.312 e. The third-order valence-corrected chi connectivity index (χ3v) is 4.39. The Morgan fingerprint density at radius 1 is 1.42 bits per heavy atom. The van der Waals surface area contributed by atoms with Crippen molar-refractivity contribution in [1.82, 2.24) is 20.5 Å². The maximum Gasteiger partial charge on any atom is 0.180 e. The van der Waals surface area contributed by atoms with Gasteiger partial charge in [-0.05, 0) is 42.3 Å². The molecule has 0 amide bonds. The summed E-state index contributed by atoms with van der Waals surface area (Å²) in [6.45, 7) is 8.40. The SMILES string of the molecule is Cc1cc(CNCC(C)C)cnc1Sc1nncs1. The van der Waals surface area contributed by atoms with Crippen LogP contribution in [0.1, 0.15) is 25.0 Å². The van der Waals surface area contributed by atoms with Gasteiger partial charge < -0.3 is 5.32 Å². The van der Waals surface area contributed by atoms with Gasteiger partial charge in [-0.25, -0.2) is 4.98 Å². The molecule has 0 bridgehead atoms. The topological polar surface area (TPSA) is 50.7 Å². The minimum atomic E-state index is 0.668.